The lowest BCUT2D eigenvalue weighted by Gasteiger charge is -2.12. The largest absolute Gasteiger partial charge is 0.338 e. The molecule has 0 aromatic heterocycles. The molecule has 0 radical (unpaired) electrons. The minimum absolute atomic E-state index is 0.433. The van der Waals surface area contributed by atoms with Crippen molar-refractivity contribution in [3.05, 3.63) is 57.5 Å². The molecule has 2 nitrogen and oxygen atoms in total. The summed E-state index contributed by atoms with van der Waals surface area (Å²) in [5.41, 5.74) is 0. The van der Waals surface area contributed by atoms with E-state index in [1.807, 2.05) is 0 Å². The Morgan fingerprint density at radius 2 is 1.06 bits per heavy atom. The van der Waals surface area contributed by atoms with Gasteiger partial charge in [0.2, 0.25) is 0 Å². The Morgan fingerprint density at radius 3 is 1.35 bits per heavy atom. The molecule has 2 aromatic rings. The van der Waals surface area contributed by atoms with Gasteiger partial charge in [0.05, 0.1) is 0 Å². The second-order valence-corrected chi connectivity index (χ2v) is 7.55. The zero-order valence-corrected chi connectivity index (χ0v) is 12.7. The van der Waals surface area contributed by atoms with Crippen molar-refractivity contribution in [2.24, 2.45) is 0 Å². The van der Waals surface area contributed by atoms with E-state index in [0.29, 0.717) is 10.6 Å². The van der Waals surface area contributed by atoms with E-state index in [1.54, 1.807) is 48.5 Å². The Bertz CT molecular complexity index is 515. The van der Waals surface area contributed by atoms with E-state index in [-0.39, 0.29) is 0 Å². The van der Waals surface area contributed by atoms with E-state index in [9.17, 15) is 9.46 Å². The molecule has 88 valence electrons. The van der Waals surface area contributed by atoms with Crippen molar-refractivity contribution in [1.82, 2.24) is 0 Å². The Kier molecular flexibility index (Phi) is 3.88. The van der Waals surface area contributed by atoms with Crippen LogP contribution in [-0.4, -0.2) is 4.89 Å². The Balaban J connectivity index is 2.45. The molecular formula is C12H9Br2O2P. The van der Waals surface area contributed by atoms with Crippen LogP contribution in [0.1, 0.15) is 0 Å². The van der Waals surface area contributed by atoms with Gasteiger partial charge in [0.25, 0.3) is 7.37 Å². The summed E-state index contributed by atoms with van der Waals surface area (Å²) in [7, 11) is -3.48. The van der Waals surface area contributed by atoms with Gasteiger partial charge in [0.15, 0.2) is 0 Å². The van der Waals surface area contributed by atoms with Gasteiger partial charge < -0.3 is 4.89 Å². The van der Waals surface area contributed by atoms with Crippen LogP contribution in [0.2, 0.25) is 0 Å². The van der Waals surface area contributed by atoms with Crippen LogP contribution >= 0.6 is 39.2 Å². The third-order valence-electron chi connectivity index (χ3n) is 2.35. The van der Waals surface area contributed by atoms with E-state index in [1.165, 1.54) is 0 Å². The molecule has 0 aliphatic carbocycles. The SMILES string of the molecule is O=P(O)(c1ccc(Br)cc1)c1ccc(Br)cc1. The van der Waals surface area contributed by atoms with Gasteiger partial charge in [-0.3, -0.25) is 4.57 Å². The van der Waals surface area contributed by atoms with Crippen LogP contribution in [-0.2, 0) is 4.57 Å². The van der Waals surface area contributed by atoms with E-state index >= 15 is 0 Å². The standard InChI is InChI=1S/C12H9Br2O2P/c13-9-1-5-11(6-2-9)17(15,16)12-7-3-10(14)4-8-12/h1-8H,(H,15,16). The summed E-state index contributed by atoms with van der Waals surface area (Å²) in [5, 5.41) is 0.867. The van der Waals surface area contributed by atoms with Crippen LogP contribution in [0, 0.1) is 0 Å². The lowest BCUT2D eigenvalue weighted by Crippen LogP contribution is -2.15. The highest BCUT2D eigenvalue weighted by atomic mass is 79.9. The van der Waals surface area contributed by atoms with Gasteiger partial charge in [-0.05, 0) is 48.5 Å². The average Bonchev–Trinajstić information content (AvgIpc) is 2.30. The fourth-order valence-electron chi connectivity index (χ4n) is 1.44. The monoisotopic (exact) mass is 374 g/mol. The number of rotatable bonds is 2. The lowest BCUT2D eigenvalue weighted by atomic mass is 10.4. The maximum Gasteiger partial charge on any atom is 0.258 e. The summed E-state index contributed by atoms with van der Waals surface area (Å²) < 4.78 is 14.1. The van der Waals surface area contributed by atoms with Gasteiger partial charge in [0, 0.05) is 19.6 Å². The summed E-state index contributed by atoms with van der Waals surface area (Å²) >= 11 is 6.60. The van der Waals surface area contributed by atoms with Crippen LogP contribution in [0.5, 0.6) is 0 Å². The van der Waals surface area contributed by atoms with Gasteiger partial charge in [0.1, 0.15) is 0 Å². The number of hydrogen-bond acceptors (Lipinski definition) is 1. The molecule has 0 amide bonds. The number of benzene rings is 2. The molecule has 0 bridgehead atoms. The van der Waals surface area contributed by atoms with Gasteiger partial charge in [-0.15, -0.1) is 0 Å². The molecule has 0 aliphatic rings. The van der Waals surface area contributed by atoms with Crippen molar-refractivity contribution in [2.75, 3.05) is 0 Å². The molecule has 0 heterocycles. The third kappa shape index (κ3) is 2.89. The molecule has 0 saturated carbocycles. The van der Waals surface area contributed by atoms with Crippen molar-refractivity contribution in [1.29, 1.82) is 0 Å². The molecule has 17 heavy (non-hydrogen) atoms. The van der Waals surface area contributed by atoms with Crippen LogP contribution in [0.25, 0.3) is 0 Å². The quantitative estimate of drug-likeness (QED) is 0.816. The van der Waals surface area contributed by atoms with Gasteiger partial charge >= 0.3 is 0 Å². The normalized spacial score (nSPS) is 11.5. The maximum atomic E-state index is 12.4. The van der Waals surface area contributed by atoms with Crippen molar-refractivity contribution in [3.63, 3.8) is 0 Å². The first-order valence-corrected chi connectivity index (χ1v) is 8.10. The Labute approximate surface area is 116 Å². The lowest BCUT2D eigenvalue weighted by molar-refractivity contribution is 0.501. The Morgan fingerprint density at radius 1 is 0.765 bits per heavy atom. The molecule has 0 unspecified atom stereocenters. The summed E-state index contributed by atoms with van der Waals surface area (Å²) in [6, 6.07) is 13.7. The minimum Gasteiger partial charge on any atom is -0.338 e. The predicted octanol–water partition coefficient (Wildman–Crippen LogP) is 3.43. The van der Waals surface area contributed by atoms with Gasteiger partial charge in [-0.1, -0.05) is 31.9 Å². The van der Waals surface area contributed by atoms with Crippen molar-refractivity contribution < 1.29 is 9.46 Å². The smallest absolute Gasteiger partial charge is 0.258 e. The maximum absolute atomic E-state index is 12.4. The highest BCUT2D eigenvalue weighted by Crippen LogP contribution is 2.38. The summed E-state index contributed by atoms with van der Waals surface area (Å²) in [4.78, 5) is 10.2. The zero-order chi connectivity index (χ0) is 12.5. The number of halogens is 2. The van der Waals surface area contributed by atoms with E-state index in [2.05, 4.69) is 31.9 Å². The van der Waals surface area contributed by atoms with Crippen molar-refractivity contribution >= 4 is 49.8 Å². The van der Waals surface area contributed by atoms with Crippen LogP contribution in [0.4, 0.5) is 0 Å². The topological polar surface area (TPSA) is 37.3 Å². The van der Waals surface area contributed by atoms with E-state index in [4.69, 9.17) is 0 Å². The van der Waals surface area contributed by atoms with Crippen molar-refractivity contribution in [3.8, 4) is 0 Å². The molecule has 2 rings (SSSR count). The average molecular weight is 376 g/mol. The molecular weight excluding hydrogens is 367 g/mol. The summed E-state index contributed by atoms with van der Waals surface area (Å²) in [6.45, 7) is 0. The highest BCUT2D eigenvalue weighted by molar-refractivity contribution is 9.10. The molecule has 5 heteroatoms. The summed E-state index contributed by atoms with van der Waals surface area (Å²) in [6.07, 6.45) is 0. The minimum atomic E-state index is -3.48. The molecule has 0 spiro atoms. The highest BCUT2D eigenvalue weighted by Gasteiger charge is 2.23. The zero-order valence-electron chi connectivity index (χ0n) is 8.68. The first-order valence-electron chi connectivity index (χ1n) is 4.85. The second kappa shape index (κ2) is 5.07. The molecule has 0 fully saturated rings. The summed E-state index contributed by atoms with van der Waals surface area (Å²) in [5.74, 6) is 0. The molecule has 0 saturated heterocycles. The first-order chi connectivity index (χ1) is 8.00. The van der Waals surface area contributed by atoms with Crippen LogP contribution in [0.15, 0.2) is 57.5 Å². The predicted molar refractivity (Wildman–Crippen MR) is 77.4 cm³/mol. The van der Waals surface area contributed by atoms with Gasteiger partial charge in [-0.2, -0.15) is 0 Å². The molecule has 2 aromatic carbocycles. The second-order valence-electron chi connectivity index (χ2n) is 3.53. The molecule has 0 atom stereocenters. The molecule has 1 N–H and O–H groups in total. The van der Waals surface area contributed by atoms with E-state index < -0.39 is 7.37 Å². The van der Waals surface area contributed by atoms with Gasteiger partial charge in [-0.25, -0.2) is 0 Å². The fourth-order valence-corrected chi connectivity index (χ4v) is 3.37. The number of hydrogen-bond donors (Lipinski definition) is 1. The van der Waals surface area contributed by atoms with Crippen LogP contribution < -0.4 is 10.6 Å². The first kappa shape index (κ1) is 13.0. The third-order valence-corrected chi connectivity index (χ3v) is 5.41. The van der Waals surface area contributed by atoms with Crippen LogP contribution in [0.3, 0.4) is 0 Å². The van der Waals surface area contributed by atoms with Crippen molar-refractivity contribution in [2.45, 2.75) is 0 Å². The fraction of sp³-hybridized carbons (Fsp3) is 0. The molecule has 0 aliphatic heterocycles. The van der Waals surface area contributed by atoms with E-state index in [0.717, 1.165) is 8.95 Å². The Hall–Kier alpha value is -0.410.